The molecule has 0 unspecified atom stereocenters. The highest BCUT2D eigenvalue weighted by molar-refractivity contribution is 8.26. The van der Waals surface area contributed by atoms with Crippen LogP contribution in [0.5, 0.6) is 5.75 Å². The number of hydrogen-bond donors (Lipinski definition) is 2. The van der Waals surface area contributed by atoms with Gasteiger partial charge >= 0.3 is 0 Å². The minimum absolute atomic E-state index is 0.178. The van der Waals surface area contributed by atoms with Gasteiger partial charge in [-0.3, -0.25) is 4.79 Å². The Morgan fingerprint density at radius 1 is 1.03 bits per heavy atom. The lowest BCUT2D eigenvalue weighted by Gasteiger charge is -2.22. The Hall–Kier alpha value is -2.89. The third-order valence-corrected chi connectivity index (χ3v) is 6.54. The highest BCUT2D eigenvalue weighted by Gasteiger charge is 2.29. The Balaban J connectivity index is 1.76. The maximum Gasteiger partial charge on any atom is 0.264 e. The summed E-state index contributed by atoms with van der Waals surface area (Å²) in [4.78, 5) is 13.0. The van der Waals surface area contributed by atoms with E-state index in [0.29, 0.717) is 9.23 Å². The molecular formula is C24H17NO2S2. The SMILES string of the molecule is CC1=CC(=C2SC(=S)NC2=O)c2cc(O)cc(-c3ccc4ccccc4c3)c2C1. The standard InChI is InChI=1S/C24H17NO2S2/c1-13-8-19-18(16-7-6-14-4-2-3-5-15(14)10-16)11-17(26)12-20(19)21(9-13)22-23(27)25-24(28)29-22/h2-7,9-12,26H,8H2,1H3,(H,25,27,28). The third-order valence-electron chi connectivity index (χ3n) is 5.29. The molecule has 0 spiro atoms. The summed E-state index contributed by atoms with van der Waals surface area (Å²) in [6.07, 6.45) is 2.80. The molecule has 0 aromatic heterocycles. The molecule has 3 aromatic rings. The predicted molar refractivity (Wildman–Crippen MR) is 124 cm³/mol. The molecule has 0 saturated carbocycles. The molecule has 1 heterocycles. The minimum Gasteiger partial charge on any atom is -0.508 e. The lowest BCUT2D eigenvalue weighted by Crippen LogP contribution is -2.18. The van der Waals surface area contributed by atoms with Gasteiger partial charge in [0.2, 0.25) is 0 Å². The zero-order valence-corrected chi connectivity index (χ0v) is 17.3. The zero-order chi connectivity index (χ0) is 20.1. The molecule has 1 amide bonds. The fourth-order valence-corrected chi connectivity index (χ4v) is 5.13. The smallest absolute Gasteiger partial charge is 0.264 e. The Morgan fingerprint density at radius 2 is 1.79 bits per heavy atom. The van der Waals surface area contributed by atoms with Gasteiger partial charge in [-0.15, -0.1) is 0 Å². The molecule has 142 valence electrons. The second-order valence-electron chi connectivity index (χ2n) is 7.34. The first-order chi connectivity index (χ1) is 14.0. The van der Waals surface area contributed by atoms with Gasteiger partial charge in [-0.2, -0.15) is 0 Å². The zero-order valence-electron chi connectivity index (χ0n) is 15.7. The van der Waals surface area contributed by atoms with Crippen LogP contribution in [0.1, 0.15) is 18.1 Å². The van der Waals surface area contributed by atoms with E-state index in [9.17, 15) is 9.90 Å². The molecule has 3 aromatic carbocycles. The normalized spacial score (nSPS) is 18.6. The van der Waals surface area contributed by atoms with Gasteiger partial charge in [-0.1, -0.05) is 72.0 Å². The molecule has 1 aliphatic carbocycles. The maximum absolute atomic E-state index is 12.4. The first-order valence-corrected chi connectivity index (χ1v) is 10.5. The first kappa shape index (κ1) is 18.2. The molecular weight excluding hydrogens is 398 g/mol. The number of amides is 1. The van der Waals surface area contributed by atoms with Gasteiger partial charge in [-0.25, -0.2) is 0 Å². The number of nitrogens with one attached hydrogen (secondary N) is 1. The van der Waals surface area contributed by atoms with E-state index in [1.165, 1.54) is 22.7 Å². The number of aromatic hydroxyl groups is 1. The monoisotopic (exact) mass is 415 g/mol. The Kier molecular flexibility index (Phi) is 4.30. The number of thiocarbonyl (C=S) groups is 1. The van der Waals surface area contributed by atoms with Gasteiger partial charge in [0.05, 0.1) is 4.91 Å². The number of carbonyl (C=O) groups is 1. The molecule has 5 heteroatoms. The van der Waals surface area contributed by atoms with Crippen LogP contribution >= 0.6 is 24.0 Å². The van der Waals surface area contributed by atoms with Crippen molar-refractivity contribution in [1.29, 1.82) is 0 Å². The Labute approximate surface area is 178 Å². The summed E-state index contributed by atoms with van der Waals surface area (Å²) in [6.45, 7) is 2.07. The van der Waals surface area contributed by atoms with Crippen molar-refractivity contribution in [2.75, 3.05) is 0 Å². The number of hydrogen-bond acceptors (Lipinski definition) is 4. The van der Waals surface area contributed by atoms with E-state index in [-0.39, 0.29) is 11.7 Å². The highest BCUT2D eigenvalue weighted by atomic mass is 32.2. The van der Waals surface area contributed by atoms with Crippen LogP contribution in [0.15, 0.2) is 71.2 Å². The number of fused-ring (bicyclic) bond motifs is 2. The summed E-state index contributed by atoms with van der Waals surface area (Å²) < 4.78 is 0.464. The minimum atomic E-state index is -0.178. The van der Waals surface area contributed by atoms with Gasteiger partial charge in [-0.05, 0) is 64.6 Å². The molecule has 2 aliphatic rings. The first-order valence-electron chi connectivity index (χ1n) is 9.29. The van der Waals surface area contributed by atoms with E-state index in [1.54, 1.807) is 6.07 Å². The van der Waals surface area contributed by atoms with E-state index in [4.69, 9.17) is 12.2 Å². The van der Waals surface area contributed by atoms with Crippen LogP contribution in [-0.2, 0) is 11.2 Å². The molecule has 1 saturated heterocycles. The van der Waals surface area contributed by atoms with Crippen molar-refractivity contribution in [3.63, 3.8) is 0 Å². The number of rotatable bonds is 1. The molecule has 0 radical (unpaired) electrons. The molecule has 0 atom stereocenters. The average Bonchev–Trinajstić information content (AvgIpc) is 3.04. The van der Waals surface area contributed by atoms with Crippen LogP contribution in [0.2, 0.25) is 0 Å². The largest absolute Gasteiger partial charge is 0.508 e. The van der Waals surface area contributed by atoms with Crippen molar-refractivity contribution in [3.05, 3.63) is 82.3 Å². The third kappa shape index (κ3) is 3.16. The van der Waals surface area contributed by atoms with Crippen LogP contribution in [0.3, 0.4) is 0 Å². The van der Waals surface area contributed by atoms with E-state index in [2.05, 4.69) is 42.6 Å². The second kappa shape index (κ2) is 6.87. The van der Waals surface area contributed by atoms with E-state index in [1.807, 2.05) is 24.3 Å². The molecule has 5 rings (SSSR count). The number of carbonyl (C=O) groups excluding carboxylic acids is 1. The van der Waals surface area contributed by atoms with Crippen LogP contribution < -0.4 is 5.32 Å². The van der Waals surface area contributed by atoms with Crippen molar-refractivity contribution in [3.8, 4) is 16.9 Å². The van der Waals surface area contributed by atoms with Crippen molar-refractivity contribution in [1.82, 2.24) is 5.32 Å². The topological polar surface area (TPSA) is 49.3 Å². The fourth-order valence-electron chi connectivity index (χ4n) is 4.04. The molecule has 1 aliphatic heterocycles. The lowest BCUT2D eigenvalue weighted by atomic mass is 9.83. The summed E-state index contributed by atoms with van der Waals surface area (Å²) in [5.41, 5.74) is 6.03. The summed E-state index contributed by atoms with van der Waals surface area (Å²) in [5, 5.41) is 15.5. The highest BCUT2D eigenvalue weighted by Crippen LogP contribution is 2.43. The van der Waals surface area contributed by atoms with Crippen molar-refractivity contribution in [2.45, 2.75) is 13.3 Å². The summed E-state index contributed by atoms with van der Waals surface area (Å²) >= 11 is 6.45. The number of phenolic OH excluding ortho intramolecular Hbond substituents is 1. The number of thioether (sulfide) groups is 1. The van der Waals surface area contributed by atoms with E-state index < -0.39 is 0 Å². The van der Waals surface area contributed by atoms with Crippen molar-refractivity contribution >= 4 is 50.6 Å². The van der Waals surface area contributed by atoms with E-state index >= 15 is 0 Å². The van der Waals surface area contributed by atoms with Crippen LogP contribution in [0.4, 0.5) is 0 Å². The quantitative estimate of drug-likeness (QED) is 0.403. The number of allylic oxidation sites excluding steroid dienone is 3. The Morgan fingerprint density at radius 3 is 2.55 bits per heavy atom. The summed E-state index contributed by atoms with van der Waals surface area (Å²) in [6, 6.07) is 18.1. The van der Waals surface area contributed by atoms with Crippen LogP contribution in [-0.4, -0.2) is 15.3 Å². The molecule has 0 bridgehead atoms. The summed E-state index contributed by atoms with van der Waals surface area (Å²) in [5.74, 6) is 0.00596. The molecule has 1 fully saturated rings. The fraction of sp³-hybridized carbons (Fsp3) is 0.0833. The van der Waals surface area contributed by atoms with E-state index in [0.717, 1.165) is 39.6 Å². The lowest BCUT2D eigenvalue weighted by molar-refractivity contribution is -0.115. The molecule has 29 heavy (non-hydrogen) atoms. The number of phenols is 1. The predicted octanol–water partition coefficient (Wildman–Crippen LogP) is 5.57. The summed E-state index contributed by atoms with van der Waals surface area (Å²) in [7, 11) is 0. The van der Waals surface area contributed by atoms with Gasteiger partial charge in [0, 0.05) is 5.57 Å². The molecule has 3 nitrogen and oxygen atoms in total. The van der Waals surface area contributed by atoms with Crippen molar-refractivity contribution in [2.24, 2.45) is 0 Å². The van der Waals surface area contributed by atoms with Crippen LogP contribution in [0.25, 0.3) is 27.5 Å². The Bertz CT molecular complexity index is 1290. The van der Waals surface area contributed by atoms with Crippen LogP contribution in [0, 0.1) is 0 Å². The van der Waals surface area contributed by atoms with Gasteiger partial charge in [0.1, 0.15) is 10.1 Å². The molecule has 2 N–H and O–H groups in total. The maximum atomic E-state index is 12.4. The van der Waals surface area contributed by atoms with Gasteiger partial charge < -0.3 is 10.4 Å². The van der Waals surface area contributed by atoms with Gasteiger partial charge in [0.25, 0.3) is 5.91 Å². The van der Waals surface area contributed by atoms with Crippen molar-refractivity contribution < 1.29 is 9.90 Å². The number of benzene rings is 3. The average molecular weight is 416 g/mol. The van der Waals surface area contributed by atoms with Gasteiger partial charge in [0.15, 0.2) is 0 Å². The second-order valence-corrected chi connectivity index (χ2v) is 9.02.